The molecule has 0 nitrogen and oxygen atoms in total. The Morgan fingerprint density at radius 2 is 1.33 bits per heavy atom. The minimum atomic E-state index is 0.163. The Morgan fingerprint density at radius 3 is 1.58 bits per heavy atom. The molecule has 0 aliphatic heterocycles. The van der Waals surface area contributed by atoms with Crippen molar-refractivity contribution in [2.24, 2.45) is 0 Å². The number of hydrogen-bond acceptors (Lipinski definition) is 0. The van der Waals surface area contributed by atoms with E-state index in [4.69, 9.17) is 0 Å². The van der Waals surface area contributed by atoms with Crippen LogP contribution in [0.4, 0.5) is 0 Å². The third kappa shape index (κ3) is 7.92. The zero-order valence-electron chi connectivity index (χ0n) is 6.68. The summed E-state index contributed by atoms with van der Waals surface area (Å²) in [5.74, 6) is 0. The molecule has 8 unspecified atom stereocenters. The lowest BCUT2D eigenvalue weighted by molar-refractivity contribution is 2.51. The maximum absolute atomic E-state index is 3.06. The lowest BCUT2D eigenvalue weighted by atomic mass is 12.0. The molecule has 0 aromatic carbocycles. The van der Waals surface area contributed by atoms with E-state index in [-0.39, 0.29) is 14.0 Å². The minimum Gasteiger partial charge on any atom is -0.102 e. The lowest BCUT2D eigenvalue weighted by Crippen LogP contribution is -1.38. The maximum atomic E-state index is 3.06. The first kappa shape index (κ1) is 16.7. The predicted octanol–water partition coefficient (Wildman–Crippen LogP) is 6.43. The van der Waals surface area contributed by atoms with Crippen molar-refractivity contribution in [3.05, 3.63) is 0 Å². The summed E-state index contributed by atoms with van der Waals surface area (Å²) in [6.45, 7) is 3.26. The van der Waals surface area contributed by atoms with Crippen LogP contribution in [0.1, 0.15) is 0 Å². The van der Waals surface area contributed by atoms with Crippen molar-refractivity contribution in [1.82, 2.24) is 0 Å². The van der Waals surface area contributed by atoms with Crippen LogP contribution in [-0.4, -0.2) is 6.66 Å². The Balaban J connectivity index is 3.95. The van der Waals surface area contributed by atoms with E-state index in [1.807, 2.05) is 0 Å². The summed E-state index contributed by atoms with van der Waals surface area (Å²) in [4.78, 5) is 0. The van der Waals surface area contributed by atoms with Crippen LogP contribution in [0.25, 0.3) is 0 Å². The van der Waals surface area contributed by atoms with Crippen LogP contribution >= 0.6 is 88.8 Å². The first-order valence-electron chi connectivity index (χ1n) is 2.86. The third-order valence-electron chi connectivity index (χ3n) is 0.876. The van der Waals surface area contributed by atoms with E-state index in [0.29, 0.717) is 14.0 Å². The van der Waals surface area contributed by atoms with Crippen molar-refractivity contribution < 1.29 is 0 Å². The highest BCUT2D eigenvalue weighted by Gasteiger charge is 2.19. The van der Waals surface area contributed by atoms with E-state index in [1.165, 1.54) is 7.96 Å². The van der Waals surface area contributed by atoms with E-state index in [9.17, 15) is 0 Å². The average Bonchev–Trinajstić information content (AvgIpc) is 1.98. The molecule has 74 valence electrons. The standard InChI is InChI=1S/CH15P11/c1-7-11(6)8-12(9(2)3)10(4)5/h7-8H,2-6H2,1H3. The van der Waals surface area contributed by atoms with Gasteiger partial charge in [0.25, 0.3) is 0 Å². The van der Waals surface area contributed by atoms with E-state index >= 15 is 0 Å². The number of hydrogen-bond donors (Lipinski definition) is 0. The Labute approximate surface area is 95.2 Å². The van der Waals surface area contributed by atoms with E-state index in [0.717, 1.165) is 8.27 Å². The quantitative estimate of drug-likeness (QED) is 0.491. The van der Waals surface area contributed by atoms with Gasteiger partial charge in [-0.05, 0) is 34.6 Å². The SMILES string of the molecule is CPP(P)PP(P(P)P)P(P)P. The largest absolute Gasteiger partial charge is 0.102 e. The molecule has 0 aromatic heterocycles. The van der Waals surface area contributed by atoms with Gasteiger partial charge in [-0.1, -0.05) is 16.2 Å². The Bertz CT molecular complexity index is 99.6. The highest BCUT2D eigenvalue weighted by molar-refractivity contribution is 9.14. The van der Waals surface area contributed by atoms with Gasteiger partial charge in [-0.15, -0.1) is 44.6 Å². The number of rotatable bonds is 5. The summed E-state index contributed by atoms with van der Waals surface area (Å²) >= 11 is 0. The van der Waals surface area contributed by atoms with E-state index < -0.39 is 0 Å². The molecule has 0 saturated heterocycles. The van der Waals surface area contributed by atoms with Crippen LogP contribution in [0.3, 0.4) is 0 Å². The van der Waals surface area contributed by atoms with Gasteiger partial charge in [-0.3, -0.25) is 0 Å². The fraction of sp³-hybridized carbons (Fsp3) is 1.00. The van der Waals surface area contributed by atoms with Crippen molar-refractivity contribution in [1.29, 1.82) is 0 Å². The molecule has 0 fully saturated rings. The molecule has 0 amide bonds. The lowest BCUT2D eigenvalue weighted by Gasteiger charge is -2.27. The second kappa shape index (κ2) is 9.73. The molecular formula is CH15P11. The second-order valence-corrected chi connectivity index (χ2v) is 43.0. The zero-order valence-corrected chi connectivity index (χ0v) is 18.0. The Hall–Kier alpha value is 4.73. The topological polar surface area (TPSA) is 0 Å². The molecule has 8 atom stereocenters. The second-order valence-electron chi connectivity index (χ2n) is 1.74. The summed E-state index contributed by atoms with van der Waals surface area (Å²) in [6, 6.07) is 0. The molecule has 0 aliphatic carbocycles. The molecule has 0 spiro atoms. The average molecular weight is 368 g/mol. The minimum absolute atomic E-state index is 0.163. The first-order valence-corrected chi connectivity index (χ1v) is 22.8. The molecular weight excluding hydrogens is 353 g/mol. The fourth-order valence-electron chi connectivity index (χ4n) is 0.369. The Morgan fingerprint density at radius 1 is 0.917 bits per heavy atom. The monoisotopic (exact) mass is 368 g/mol. The highest BCUT2D eigenvalue weighted by Crippen LogP contribution is 3.09. The van der Waals surface area contributed by atoms with Crippen LogP contribution in [-0.2, 0) is 0 Å². The molecule has 0 aliphatic rings. The van der Waals surface area contributed by atoms with Crippen molar-refractivity contribution in [3.8, 4) is 0 Å². The summed E-state index contributed by atoms with van der Waals surface area (Å²) in [5.41, 5.74) is 0. The normalized spacial score (nSPS) is 16.8. The molecule has 0 radical (unpaired) electrons. The molecule has 0 saturated carbocycles. The molecule has 12 heavy (non-hydrogen) atoms. The van der Waals surface area contributed by atoms with Crippen LogP contribution < -0.4 is 0 Å². The zero-order chi connectivity index (χ0) is 9.72. The molecule has 11 heteroatoms. The van der Waals surface area contributed by atoms with Gasteiger partial charge in [-0.2, -0.15) is 0 Å². The van der Waals surface area contributed by atoms with Crippen molar-refractivity contribution in [3.63, 3.8) is 0 Å². The van der Waals surface area contributed by atoms with Crippen LogP contribution in [0.2, 0.25) is 0 Å². The van der Waals surface area contributed by atoms with Gasteiger partial charge in [-0.25, -0.2) is 0 Å². The Kier molecular flexibility index (Phi) is 13.6. The van der Waals surface area contributed by atoms with Gasteiger partial charge in [0.15, 0.2) is 0 Å². The molecule has 0 heterocycles. The van der Waals surface area contributed by atoms with Gasteiger partial charge in [0.05, 0.1) is 0 Å². The van der Waals surface area contributed by atoms with Crippen LogP contribution in [0, 0.1) is 0 Å². The van der Waals surface area contributed by atoms with Crippen LogP contribution in [0.5, 0.6) is 0 Å². The van der Waals surface area contributed by atoms with Crippen molar-refractivity contribution in [2.75, 3.05) is 6.66 Å². The summed E-state index contributed by atoms with van der Waals surface area (Å²) < 4.78 is 0. The summed E-state index contributed by atoms with van der Waals surface area (Å²) in [6.07, 6.45) is 0. The molecule has 0 rings (SSSR count). The van der Waals surface area contributed by atoms with Gasteiger partial charge >= 0.3 is 0 Å². The first-order chi connectivity index (χ1) is 5.49. The maximum Gasteiger partial charge on any atom is -0.0134 e. The van der Waals surface area contributed by atoms with Gasteiger partial charge in [0.1, 0.15) is 0 Å². The molecule has 0 bridgehead atoms. The smallest absolute Gasteiger partial charge is 0.0134 e. The van der Waals surface area contributed by atoms with Gasteiger partial charge in [0, 0.05) is 0 Å². The van der Waals surface area contributed by atoms with Crippen molar-refractivity contribution in [2.45, 2.75) is 0 Å². The highest BCUT2D eigenvalue weighted by atomic mass is 33.2. The van der Waals surface area contributed by atoms with Gasteiger partial charge in [0.2, 0.25) is 0 Å². The summed E-state index contributed by atoms with van der Waals surface area (Å²) in [7, 11) is 17.5. The van der Waals surface area contributed by atoms with Crippen molar-refractivity contribution >= 4 is 88.8 Å². The van der Waals surface area contributed by atoms with E-state index in [1.54, 1.807) is 0 Å². The van der Waals surface area contributed by atoms with E-state index in [2.05, 4.69) is 51.3 Å². The molecule has 0 N–H and O–H groups in total. The predicted molar refractivity (Wildman–Crippen MR) is 98.8 cm³/mol. The third-order valence-corrected chi connectivity index (χ3v) is 57.9. The van der Waals surface area contributed by atoms with Gasteiger partial charge < -0.3 is 0 Å². The fourth-order valence-corrected chi connectivity index (χ4v) is 81.5. The summed E-state index contributed by atoms with van der Waals surface area (Å²) in [5, 5.41) is 0. The molecule has 0 aromatic rings. The van der Waals surface area contributed by atoms with Crippen LogP contribution in [0.15, 0.2) is 0 Å².